The van der Waals surface area contributed by atoms with Crippen LogP contribution in [-0.2, 0) is 6.42 Å². The molecule has 1 N–H and O–H groups in total. The number of rotatable bonds is 4. The van der Waals surface area contributed by atoms with Crippen LogP contribution in [0.2, 0.25) is 0 Å². The van der Waals surface area contributed by atoms with Gasteiger partial charge in [0.05, 0.1) is 14.8 Å². The van der Waals surface area contributed by atoms with Crippen molar-refractivity contribution in [2.45, 2.75) is 6.42 Å². The molecule has 98 valence electrons. The van der Waals surface area contributed by atoms with Crippen LogP contribution >= 0.6 is 27.3 Å². The van der Waals surface area contributed by atoms with E-state index in [2.05, 4.69) is 56.0 Å². The van der Waals surface area contributed by atoms with Crippen molar-refractivity contribution < 1.29 is 0 Å². The maximum atomic E-state index is 4.59. The Balaban J connectivity index is 1.71. The number of hydrogen-bond acceptors (Lipinski definition) is 3. The minimum absolute atomic E-state index is 0.928. The third-order valence-corrected chi connectivity index (χ3v) is 4.74. The number of fused-ring (bicyclic) bond motifs is 1. The number of hydrogen-bond donors (Lipinski definition) is 1. The summed E-state index contributed by atoms with van der Waals surface area (Å²) in [5, 5.41) is 0. The van der Waals surface area contributed by atoms with Crippen molar-refractivity contribution in [1.82, 2.24) is 9.97 Å². The highest BCUT2D eigenvalue weighted by Gasteiger charge is 2.07. The maximum absolute atomic E-state index is 4.59. The molecule has 2 heterocycles. The van der Waals surface area contributed by atoms with Gasteiger partial charge in [-0.15, -0.1) is 11.3 Å². The van der Waals surface area contributed by atoms with Gasteiger partial charge in [0.1, 0.15) is 0 Å². The second-order valence-electron chi connectivity index (χ2n) is 4.45. The van der Waals surface area contributed by atoms with Gasteiger partial charge in [0, 0.05) is 18.5 Å². The molecule has 0 aliphatic rings. The topological polar surface area (TPSA) is 31.9 Å². The average molecular weight is 336 g/mol. The number of halogens is 1. The number of thiophene rings is 1. The lowest BCUT2D eigenvalue weighted by atomic mass is 10.3. The lowest BCUT2D eigenvalue weighted by molar-refractivity contribution is 0.859. The van der Waals surface area contributed by atoms with Crippen molar-refractivity contribution in [3.8, 4) is 0 Å². The third kappa shape index (κ3) is 2.82. The van der Waals surface area contributed by atoms with Crippen LogP contribution in [0, 0.1) is 0 Å². The van der Waals surface area contributed by atoms with Crippen molar-refractivity contribution in [3.63, 3.8) is 0 Å². The number of nitrogens with one attached hydrogen (secondary N) is 1. The fraction of sp³-hybridized carbons (Fsp3) is 0.214. The lowest BCUT2D eigenvalue weighted by Gasteiger charge is -2.14. The highest BCUT2D eigenvalue weighted by molar-refractivity contribution is 9.11. The molecule has 3 nitrogen and oxygen atoms in total. The summed E-state index contributed by atoms with van der Waals surface area (Å²) in [5.41, 5.74) is 2.10. The maximum Gasteiger partial charge on any atom is 0.203 e. The molecule has 19 heavy (non-hydrogen) atoms. The van der Waals surface area contributed by atoms with Gasteiger partial charge in [-0.05, 0) is 46.6 Å². The predicted molar refractivity (Wildman–Crippen MR) is 85.1 cm³/mol. The van der Waals surface area contributed by atoms with E-state index in [1.807, 2.05) is 18.2 Å². The van der Waals surface area contributed by atoms with E-state index in [1.165, 1.54) is 8.66 Å². The van der Waals surface area contributed by atoms with E-state index >= 15 is 0 Å². The molecule has 0 aliphatic heterocycles. The molecule has 0 atom stereocenters. The molecule has 0 radical (unpaired) electrons. The number of likely N-dealkylation sites (N-methyl/N-ethyl adjacent to an activating group) is 1. The Morgan fingerprint density at radius 2 is 2.11 bits per heavy atom. The largest absolute Gasteiger partial charge is 0.345 e. The molecule has 0 spiro atoms. The summed E-state index contributed by atoms with van der Waals surface area (Å²) >= 11 is 5.28. The third-order valence-electron chi connectivity index (χ3n) is 3.06. The summed E-state index contributed by atoms with van der Waals surface area (Å²) in [4.78, 5) is 11.5. The molecule has 0 bridgehead atoms. The van der Waals surface area contributed by atoms with Gasteiger partial charge in [-0.3, -0.25) is 0 Å². The van der Waals surface area contributed by atoms with Crippen LogP contribution in [-0.4, -0.2) is 23.6 Å². The Kier molecular flexibility index (Phi) is 3.57. The van der Waals surface area contributed by atoms with Gasteiger partial charge in [0.25, 0.3) is 0 Å². The fourth-order valence-corrected chi connectivity index (χ4v) is 3.46. The van der Waals surface area contributed by atoms with Gasteiger partial charge >= 0.3 is 0 Å². The summed E-state index contributed by atoms with van der Waals surface area (Å²) < 4.78 is 1.19. The molecular weight excluding hydrogens is 322 g/mol. The number of H-pyrrole nitrogens is 1. The molecule has 2 aromatic heterocycles. The van der Waals surface area contributed by atoms with Gasteiger partial charge in [-0.2, -0.15) is 0 Å². The van der Waals surface area contributed by atoms with Crippen LogP contribution < -0.4 is 4.90 Å². The Labute approximate surface area is 124 Å². The van der Waals surface area contributed by atoms with Crippen LogP contribution in [0.3, 0.4) is 0 Å². The molecule has 0 aliphatic carbocycles. The van der Waals surface area contributed by atoms with Crippen molar-refractivity contribution >= 4 is 44.2 Å². The summed E-state index contributed by atoms with van der Waals surface area (Å²) in [6, 6.07) is 12.4. The predicted octanol–water partition coefficient (Wildman–Crippen LogP) is 4.07. The lowest BCUT2D eigenvalue weighted by Crippen LogP contribution is -2.21. The molecule has 1 aromatic carbocycles. The van der Waals surface area contributed by atoms with Crippen LogP contribution in [0.1, 0.15) is 4.88 Å². The zero-order chi connectivity index (χ0) is 13.2. The molecule has 0 saturated carbocycles. The number of anilines is 1. The van der Waals surface area contributed by atoms with Crippen LogP contribution in [0.4, 0.5) is 5.95 Å². The molecule has 0 saturated heterocycles. The Bertz CT molecular complexity index is 656. The Morgan fingerprint density at radius 1 is 1.26 bits per heavy atom. The first kappa shape index (κ1) is 12.7. The van der Waals surface area contributed by atoms with Crippen LogP contribution in [0.15, 0.2) is 40.2 Å². The first-order valence-corrected chi connectivity index (χ1v) is 7.73. The number of aromatic amines is 1. The average Bonchev–Trinajstić information content (AvgIpc) is 3.01. The van der Waals surface area contributed by atoms with E-state index in [0.29, 0.717) is 0 Å². The van der Waals surface area contributed by atoms with Gasteiger partial charge in [0.2, 0.25) is 5.95 Å². The van der Waals surface area contributed by atoms with Gasteiger partial charge in [0.15, 0.2) is 0 Å². The van der Waals surface area contributed by atoms with E-state index in [-0.39, 0.29) is 0 Å². The first-order chi connectivity index (χ1) is 9.22. The minimum atomic E-state index is 0.928. The number of para-hydroxylation sites is 2. The monoisotopic (exact) mass is 335 g/mol. The number of aromatic nitrogens is 2. The summed E-state index contributed by atoms with van der Waals surface area (Å²) in [5.74, 6) is 0.928. The van der Waals surface area contributed by atoms with Crippen LogP contribution in [0.5, 0.6) is 0 Å². The van der Waals surface area contributed by atoms with Crippen LogP contribution in [0.25, 0.3) is 11.0 Å². The number of benzene rings is 1. The SMILES string of the molecule is CN(CCc1ccc(Br)s1)c1nc2ccccc2[nH]1. The van der Waals surface area contributed by atoms with Crippen molar-refractivity contribution in [2.75, 3.05) is 18.5 Å². The molecule has 3 rings (SSSR count). The second-order valence-corrected chi connectivity index (χ2v) is 7.00. The van der Waals surface area contributed by atoms with E-state index in [0.717, 1.165) is 29.9 Å². The highest BCUT2D eigenvalue weighted by atomic mass is 79.9. The Morgan fingerprint density at radius 3 is 2.84 bits per heavy atom. The van der Waals surface area contributed by atoms with Gasteiger partial charge in [-0.25, -0.2) is 4.98 Å². The molecule has 0 unspecified atom stereocenters. The van der Waals surface area contributed by atoms with Crippen molar-refractivity contribution in [3.05, 3.63) is 45.1 Å². The summed E-state index contributed by atoms with van der Waals surface area (Å²) in [7, 11) is 2.07. The standard InChI is InChI=1S/C14H14BrN3S/c1-18(9-8-10-6-7-13(15)19-10)14-16-11-4-2-3-5-12(11)17-14/h2-7H,8-9H2,1H3,(H,16,17). The molecule has 5 heteroatoms. The molecule has 3 aromatic rings. The molecule has 0 amide bonds. The number of nitrogens with zero attached hydrogens (tertiary/aromatic N) is 2. The number of imidazole rings is 1. The van der Waals surface area contributed by atoms with E-state index < -0.39 is 0 Å². The first-order valence-electron chi connectivity index (χ1n) is 6.12. The fourth-order valence-electron chi connectivity index (χ4n) is 1.99. The smallest absolute Gasteiger partial charge is 0.203 e. The van der Waals surface area contributed by atoms with E-state index in [4.69, 9.17) is 0 Å². The zero-order valence-corrected chi connectivity index (χ0v) is 13.0. The quantitative estimate of drug-likeness (QED) is 0.779. The van der Waals surface area contributed by atoms with E-state index in [9.17, 15) is 0 Å². The Hall–Kier alpha value is -1.33. The molecule has 0 fully saturated rings. The normalized spacial score (nSPS) is 11.1. The van der Waals surface area contributed by atoms with Gasteiger partial charge in [-0.1, -0.05) is 12.1 Å². The second kappa shape index (κ2) is 5.35. The van der Waals surface area contributed by atoms with Gasteiger partial charge < -0.3 is 9.88 Å². The van der Waals surface area contributed by atoms with E-state index in [1.54, 1.807) is 11.3 Å². The highest BCUT2D eigenvalue weighted by Crippen LogP contribution is 2.23. The minimum Gasteiger partial charge on any atom is -0.345 e. The summed E-state index contributed by atoms with van der Waals surface area (Å²) in [6.07, 6.45) is 1.03. The van der Waals surface area contributed by atoms with Crippen molar-refractivity contribution in [1.29, 1.82) is 0 Å². The molecular formula is C14H14BrN3S. The summed E-state index contributed by atoms with van der Waals surface area (Å²) in [6.45, 7) is 0.951. The zero-order valence-electron chi connectivity index (χ0n) is 10.6. The van der Waals surface area contributed by atoms with Crippen molar-refractivity contribution in [2.24, 2.45) is 0 Å².